The van der Waals surface area contributed by atoms with Gasteiger partial charge in [-0.2, -0.15) is 5.10 Å². The summed E-state index contributed by atoms with van der Waals surface area (Å²) >= 11 is 0. The zero-order valence-electron chi connectivity index (χ0n) is 11.8. The van der Waals surface area contributed by atoms with E-state index in [0.717, 1.165) is 17.7 Å². The van der Waals surface area contributed by atoms with Crippen LogP contribution in [0.2, 0.25) is 0 Å². The standard InChI is InChI=1S/C12H21N5O2/c1-5-9-8(7-17(4)15-9)6-14-11(18)12(2,3)10(13)16-19/h7,19H,5-6H2,1-4H3,(H2,13,16)(H,14,18). The lowest BCUT2D eigenvalue weighted by Crippen LogP contribution is -2.45. The molecule has 7 heteroatoms. The lowest BCUT2D eigenvalue weighted by molar-refractivity contribution is -0.126. The number of amides is 1. The minimum atomic E-state index is -1.05. The molecule has 0 fully saturated rings. The van der Waals surface area contributed by atoms with Crippen LogP contribution in [-0.2, 0) is 24.8 Å². The van der Waals surface area contributed by atoms with Gasteiger partial charge in [0.1, 0.15) is 5.41 Å². The van der Waals surface area contributed by atoms with Crippen LogP contribution in [0.4, 0.5) is 0 Å². The summed E-state index contributed by atoms with van der Waals surface area (Å²) in [5.41, 5.74) is 6.37. The normalized spacial score (nSPS) is 12.5. The Morgan fingerprint density at radius 3 is 2.79 bits per heavy atom. The maximum absolute atomic E-state index is 12.0. The molecular weight excluding hydrogens is 246 g/mol. The van der Waals surface area contributed by atoms with Gasteiger partial charge in [-0.05, 0) is 20.3 Å². The first-order chi connectivity index (χ1) is 8.82. The van der Waals surface area contributed by atoms with Crippen molar-refractivity contribution in [1.29, 1.82) is 0 Å². The second-order valence-corrected chi connectivity index (χ2v) is 4.92. The Hall–Kier alpha value is -2.05. The maximum Gasteiger partial charge on any atom is 0.233 e. The van der Waals surface area contributed by atoms with Crippen LogP contribution in [0.1, 0.15) is 32.0 Å². The summed E-state index contributed by atoms with van der Waals surface area (Å²) in [5.74, 6) is -0.416. The second kappa shape index (κ2) is 5.73. The molecule has 1 amide bonds. The van der Waals surface area contributed by atoms with E-state index in [1.165, 1.54) is 0 Å². The first-order valence-corrected chi connectivity index (χ1v) is 6.10. The van der Waals surface area contributed by atoms with Gasteiger partial charge in [0.2, 0.25) is 5.91 Å². The highest BCUT2D eigenvalue weighted by atomic mass is 16.4. The quantitative estimate of drug-likeness (QED) is 0.310. The van der Waals surface area contributed by atoms with Crippen LogP contribution < -0.4 is 11.1 Å². The highest BCUT2D eigenvalue weighted by molar-refractivity contribution is 6.05. The van der Waals surface area contributed by atoms with E-state index in [9.17, 15) is 4.79 Å². The monoisotopic (exact) mass is 267 g/mol. The largest absolute Gasteiger partial charge is 0.409 e. The van der Waals surface area contributed by atoms with Gasteiger partial charge in [-0.15, -0.1) is 0 Å². The number of nitrogens with two attached hydrogens (primary N) is 1. The zero-order valence-corrected chi connectivity index (χ0v) is 11.8. The molecule has 1 rings (SSSR count). The Kier molecular flexibility index (Phi) is 4.52. The lowest BCUT2D eigenvalue weighted by Gasteiger charge is -2.21. The van der Waals surface area contributed by atoms with Crippen molar-refractivity contribution in [3.8, 4) is 0 Å². The van der Waals surface area contributed by atoms with E-state index in [1.807, 2.05) is 20.2 Å². The molecule has 4 N–H and O–H groups in total. The van der Waals surface area contributed by atoms with Gasteiger partial charge in [0.05, 0.1) is 5.69 Å². The molecule has 1 aromatic rings. The Balaban J connectivity index is 2.74. The molecule has 1 heterocycles. The summed E-state index contributed by atoms with van der Waals surface area (Å²) in [6.07, 6.45) is 2.67. The second-order valence-electron chi connectivity index (χ2n) is 4.92. The van der Waals surface area contributed by atoms with Crippen molar-refractivity contribution in [3.05, 3.63) is 17.5 Å². The summed E-state index contributed by atoms with van der Waals surface area (Å²) in [6, 6.07) is 0. The van der Waals surface area contributed by atoms with Gasteiger partial charge in [0, 0.05) is 25.4 Å². The summed E-state index contributed by atoms with van der Waals surface area (Å²) in [4.78, 5) is 12.0. The number of nitrogens with zero attached hydrogens (tertiary/aromatic N) is 3. The fraction of sp³-hybridized carbons (Fsp3) is 0.583. The first kappa shape index (κ1) is 15.0. The van der Waals surface area contributed by atoms with Crippen LogP contribution in [0.15, 0.2) is 11.4 Å². The highest BCUT2D eigenvalue weighted by Crippen LogP contribution is 2.16. The topological polar surface area (TPSA) is 106 Å². The number of hydrogen-bond donors (Lipinski definition) is 3. The Morgan fingerprint density at radius 1 is 1.63 bits per heavy atom. The highest BCUT2D eigenvalue weighted by Gasteiger charge is 2.32. The molecule has 0 spiro atoms. The molecule has 0 unspecified atom stereocenters. The third-order valence-corrected chi connectivity index (χ3v) is 3.08. The van der Waals surface area contributed by atoms with Gasteiger partial charge in [0.25, 0.3) is 0 Å². The number of carbonyl (C=O) groups excluding carboxylic acids is 1. The van der Waals surface area contributed by atoms with Gasteiger partial charge in [-0.3, -0.25) is 9.48 Å². The van der Waals surface area contributed by atoms with Crippen molar-refractivity contribution in [3.63, 3.8) is 0 Å². The van der Waals surface area contributed by atoms with Crippen LogP contribution in [0.25, 0.3) is 0 Å². The van der Waals surface area contributed by atoms with Crippen LogP contribution >= 0.6 is 0 Å². The number of amidine groups is 1. The minimum Gasteiger partial charge on any atom is -0.409 e. The molecule has 0 saturated heterocycles. The number of oxime groups is 1. The van der Waals surface area contributed by atoms with E-state index in [4.69, 9.17) is 10.9 Å². The summed E-state index contributed by atoms with van der Waals surface area (Å²) in [6.45, 7) is 5.58. The predicted octanol–water partition coefficient (Wildman–Crippen LogP) is 0.371. The number of rotatable bonds is 5. The molecule has 0 aliphatic heterocycles. The van der Waals surface area contributed by atoms with Crippen LogP contribution in [-0.4, -0.2) is 26.7 Å². The smallest absolute Gasteiger partial charge is 0.233 e. The van der Waals surface area contributed by atoms with Gasteiger partial charge >= 0.3 is 0 Å². The third kappa shape index (κ3) is 3.24. The SMILES string of the molecule is CCc1nn(C)cc1CNC(=O)C(C)(C)/C(N)=N/O. The molecule has 0 radical (unpaired) electrons. The van der Waals surface area contributed by atoms with Crippen molar-refractivity contribution in [2.24, 2.45) is 23.4 Å². The van der Waals surface area contributed by atoms with Crippen molar-refractivity contribution in [1.82, 2.24) is 15.1 Å². The number of aromatic nitrogens is 2. The van der Waals surface area contributed by atoms with Crippen LogP contribution in [0.3, 0.4) is 0 Å². The van der Waals surface area contributed by atoms with Crippen molar-refractivity contribution in [2.45, 2.75) is 33.7 Å². The Bertz CT molecular complexity index is 490. The van der Waals surface area contributed by atoms with E-state index in [1.54, 1.807) is 18.5 Å². The molecule has 0 atom stereocenters. The molecule has 0 aliphatic rings. The third-order valence-electron chi connectivity index (χ3n) is 3.08. The fourth-order valence-corrected chi connectivity index (χ4v) is 1.67. The number of hydrogen-bond acceptors (Lipinski definition) is 4. The fourth-order valence-electron chi connectivity index (χ4n) is 1.67. The molecule has 0 aliphatic carbocycles. The van der Waals surface area contributed by atoms with Gasteiger partial charge in [-0.1, -0.05) is 12.1 Å². The minimum absolute atomic E-state index is 0.119. The van der Waals surface area contributed by atoms with E-state index in [2.05, 4.69) is 15.6 Å². The van der Waals surface area contributed by atoms with Crippen molar-refractivity contribution in [2.75, 3.05) is 0 Å². The van der Waals surface area contributed by atoms with Gasteiger partial charge in [-0.25, -0.2) is 0 Å². The Morgan fingerprint density at radius 2 is 2.26 bits per heavy atom. The van der Waals surface area contributed by atoms with Gasteiger partial charge in [0.15, 0.2) is 5.84 Å². The molecule has 7 nitrogen and oxygen atoms in total. The predicted molar refractivity (Wildman–Crippen MR) is 71.6 cm³/mol. The average Bonchev–Trinajstić information content (AvgIpc) is 2.74. The average molecular weight is 267 g/mol. The van der Waals surface area contributed by atoms with E-state index >= 15 is 0 Å². The Labute approximate surface area is 112 Å². The van der Waals surface area contributed by atoms with E-state index in [-0.39, 0.29) is 11.7 Å². The summed E-state index contributed by atoms with van der Waals surface area (Å²) in [7, 11) is 1.84. The summed E-state index contributed by atoms with van der Waals surface area (Å²) < 4.78 is 1.72. The first-order valence-electron chi connectivity index (χ1n) is 6.10. The van der Waals surface area contributed by atoms with Crippen LogP contribution in [0, 0.1) is 5.41 Å². The zero-order chi connectivity index (χ0) is 14.6. The summed E-state index contributed by atoms with van der Waals surface area (Å²) in [5, 5.41) is 18.6. The lowest BCUT2D eigenvalue weighted by atomic mass is 9.91. The molecule has 1 aromatic heterocycles. The molecule has 0 saturated carbocycles. The van der Waals surface area contributed by atoms with Gasteiger partial charge < -0.3 is 16.3 Å². The van der Waals surface area contributed by atoms with E-state index in [0.29, 0.717) is 6.54 Å². The van der Waals surface area contributed by atoms with E-state index < -0.39 is 5.41 Å². The van der Waals surface area contributed by atoms with Crippen molar-refractivity contribution < 1.29 is 10.0 Å². The number of aryl methyl sites for hydroxylation is 2. The molecule has 106 valence electrons. The van der Waals surface area contributed by atoms with Crippen LogP contribution in [0.5, 0.6) is 0 Å². The molecule has 0 aromatic carbocycles. The van der Waals surface area contributed by atoms with Crippen molar-refractivity contribution >= 4 is 11.7 Å². The number of carbonyl (C=O) groups is 1. The molecule has 19 heavy (non-hydrogen) atoms. The molecular formula is C12H21N5O2. The number of nitrogens with one attached hydrogen (secondary N) is 1. The maximum atomic E-state index is 12.0. The molecule has 0 bridgehead atoms.